The zero-order valence-electron chi connectivity index (χ0n) is 17.1. The number of hydrogen-bond donors (Lipinski definition) is 2. The van der Waals surface area contributed by atoms with Gasteiger partial charge in [0.05, 0.1) is 10.6 Å². The predicted octanol–water partition coefficient (Wildman–Crippen LogP) is 2.43. The molecule has 0 radical (unpaired) electrons. The van der Waals surface area contributed by atoms with Crippen molar-refractivity contribution >= 4 is 33.4 Å². The van der Waals surface area contributed by atoms with E-state index < -0.39 is 34.0 Å². The lowest BCUT2D eigenvalue weighted by atomic mass is 10.1. The summed E-state index contributed by atoms with van der Waals surface area (Å²) in [6, 6.07) is 11.4. The van der Waals surface area contributed by atoms with E-state index in [0.717, 1.165) is 5.56 Å². The van der Waals surface area contributed by atoms with Crippen molar-refractivity contribution in [3.8, 4) is 0 Å². The van der Waals surface area contributed by atoms with Gasteiger partial charge >= 0.3 is 5.97 Å². The highest BCUT2D eigenvalue weighted by Gasteiger charge is 2.26. The molecule has 0 aliphatic rings. The molecule has 1 unspecified atom stereocenters. The summed E-state index contributed by atoms with van der Waals surface area (Å²) in [6.07, 6.45) is -1.20. The number of sulfonamides is 1. The second-order valence-electron chi connectivity index (χ2n) is 6.83. The van der Waals surface area contributed by atoms with Gasteiger partial charge in [0.1, 0.15) is 6.04 Å². The van der Waals surface area contributed by atoms with Crippen molar-refractivity contribution in [2.45, 2.75) is 44.7 Å². The number of benzene rings is 2. The number of aryl methyl sites for hydroxylation is 1. The van der Waals surface area contributed by atoms with Crippen molar-refractivity contribution in [2.24, 2.45) is 0 Å². The van der Waals surface area contributed by atoms with Crippen LogP contribution in [0.25, 0.3) is 0 Å². The van der Waals surface area contributed by atoms with E-state index >= 15 is 0 Å². The number of ketones is 1. The molecule has 0 bridgehead atoms. The predicted molar refractivity (Wildman–Crippen MR) is 112 cm³/mol. The number of Topliss-reactive ketones (excluding diaryl/α,β-unsaturated/α-hetero) is 1. The van der Waals surface area contributed by atoms with Gasteiger partial charge in [-0.1, -0.05) is 29.8 Å². The normalized spacial score (nSPS) is 13.2. The van der Waals surface area contributed by atoms with E-state index in [2.05, 4.69) is 10.0 Å². The van der Waals surface area contributed by atoms with Crippen molar-refractivity contribution in [2.75, 3.05) is 5.32 Å². The first-order chi connectivity index (χ1) is 14.0. The van der Waals surface area contributed by atoms with Crippen LogP contribution in [0.1, 0.15) is 36.7 Å². The third-order valence-corrected chi connectivity index (χ3v) is 5.80. The van der Waals surface area contributed by atoms with E-state index in [0.29, 0.717) is 11.3 Å². The number of amides is 1. The molecule has 0 saturated carbocycles. The minimum absolute atomic E-state index is 0.0133. The van der Waals surface area contributed by atoms with Gasteiger partial charge in [0.15, 0.2) is 11.9 Å². The number of hydrogen-bond acceptors (Lipinski definition) is 6. The Labute approximate surface area is 175 Å². The lowest BCUT2D eigenvalue weighted by Crippen LogP contribution is -2.42. The topological polar surface area (TPSA) is 119 Å². The van der Waals surface area contributed by atoms with Crippen LogP contribution in [0.2, 0.25) is 0 Å². The fourth-order valence-corrected chi connectivity index (χ4v) is 3.72. The third-order valence-electron chi connectivity index (χ3n) is 4.24. The standard InChI is InChI=1S/C21H24N2O6S/c1-13-9-11-17(12-10-13)30(27,28)23-14(2)21(26)29-16(4)20(25)22-19-8-6-5-7-18(19)15(3)24/h5-12,14,16,23H,1-4H3,(H,22,25)/t14-,16?/m0/s1. The number of carbonyl (C=O) groups excluding carboxylic acids is 3. The monoisotopic (exact) mass is 432 g/mol. The molecule has 30 heavy (non-hydrogen) atoms. The average Bonchev–Trinajstić information content (AvgIpc) is 2.68. The van der Waals surface area contributed by atoms with Crippen LogP contribution < -0.4 is 10.0 Å². The lowest BCUT2D eigenvalue weighted by molar-refractivity contribution is -0.154. The van der Waals surface area contributed by atoms with Crippen molar-refractivity contribution < 1.29 is 27.5 Å². The highest BCUT2D eigenvalue weighted by atomic mass is 32.2. The first kappa shape index (κ1) is 23.2. The summed E-state index contributed by atoms with van der Waals surface area (Å²) in [7, 11) is -3.93. The van der Waals surface area contributed by atoms with Gasteiger partial charge in [-0.15, -0.1) is 0 Å². The third kappa shape index (κ3) is 5.98. The SMILES string of the molecule is CC(=O)c1ccccc1NC(=O)C(C)OC(=O)[C@H](C)NS(=O)(=O)c1ccc(C)cc1. The number of esters is 1. The molecule has 2 aromatic carbocycles. The van der Waals surface area contributed by atoms with Gasteiger partial charge in [-0.3, -0.25) is 14.4 Å². The molecule has 0 aliphatic carbocycles. The maximum Gasteiger partial charge on any atom is 0.324 e. The fourth-order valence-electron chi connectivity index (χ4n) is 2.53. The number of para-hydroxylation sites is 1. The molecule has 2 aromatic rings. The molecular weight excluding hydrogens is 408 g/mol. The zero-order valence-corrected chi connectivity index (χ0v) is 17.9. The summed E-state index contributed by atoms with van der Waals surface area (Å²) in [6.45, 7) is 5.87. The zero-order chi connectivity index (χ0) is 22.5. The lowest BCUT2D eigenvalue weighted by Gasteiger charge is -2.18. The Kier molecular flexibility index (Phi) is 7.47. The highest BCUT2D eigenvalue weighted by Crippen LogP contribution is 2.16. The van der Waals surface area contributed by atoms with Gasteiger partial charge in [-0.25, -0.2) is 8.42 Å². The second-order valence-corrected chi connectivity index (χ2v) is 8.54. The molecule has 2 rings (SSSR count). The summed E-state index contributed by atoms with van der Waals surface area (Å²) in [5.74, 6) is -1.78. The Morgan fingerprint density at radius 1 is 0.967 bits per heavy atom. The molecular formula is C21H24N2O6S. The number of carbonyl (C=O) groups is 3. The Morgan fingerprint density at radius 2 is 1.57 bits per heavy atom. The van der Waals surface area contributed by atoms with E-state index in [4.69, 9.17) is 4.74 Å². The molecule has 0 aromatic heterocycles. The maximum absolute atomic E-state index is 12.4. The van der Waals surface area contributed by atoms with E-state index in [1.807, 2.05) is 6.92 Å². The molecule has 9 heteroatoms. The van der Waals surface area contributed by atoms with Gasteiger partial charge in [-0.05, 0) is 52.0 Å². The molecule has 0 spiro atoms. The van der Waals surface area contributed by atoms with Crippen LogP contribution in [0.3, 0.4) is 0 Å². The van der Waals surface area contributed by atoms with Crippen molar-refractivity contribution in [1.82, 2.24) is 4.72 Å². The molecule has 1 amide bonds. The van der Waals surface area contributed by atoms with Crippen LogP contribution in [0.5, 0.6) is 0 Å². The summed E-state index contributed by atoms with van der Waals surface area (Å²) < 4.78 is 32.1. The Hall–Kier alpha value is -3.04. The van der Waals surface area contributed by atoms with Gasteiger partial charge < -0.3 is 10.1 Å². The van der Waals surface area contributed by atoms with Gasteiger partial charge in [0, 0.05) is 5.56 Å². The van der Waals surface area contributed by atoms with Crippen LogP contribution in [0, 0.1) is 6.92 Å². The Balaban J connectivity index is 2.00. The number of anilines is 1. The smallest absolute Gasteiger partial charge is 0.324 e. The molecule has 8 nitrogen and oxygen atoms in total. The number of rotatable bonds is 8. The van der Waals surface area contributed by atoms with Gasteiger partial charge in [0.2, 0.25) is 10.0 Å². The van der Waals surface area contributed by atoms with Crippen LogP contribution in [-0.2, 0) is 24.3 Å². The Morgan fingerprint density at radius 3 is 2.17 bits per heavy atom. The summed E-state index contributed by atoms with van der Waals surface area (Å²) >= 11 is 0. The van der Waals surface area contributed by atoms with Crippen LogP contribution in [-0.4, -0.2) is 38.2 Å². The van der Waals surface area contributed by atoms with Crippen LogP contribution in [0.15, 0.2) is 53.4 Å². The van der Waals surface area contributed by atoms with E-state index in [9.17, 15) is 22.8 Å². The van der Waals surface area contributed by atoms with Crippen molar-refractivity contribution in [3.63, 3.8) is 0 Å². The largest absolute Gasteiger partial charge is 0.451 e. The van der Waals surface area contributed by atoms with E-state index in [1.54, 1.807) is 36.4 Å². The molecule has 0 saturated heterocycles. The van der Waals surface area contributed by atoms with E-state index in [-0.39, 0.29) is 10.7 Å². The minimum atomic E-state index is -3.93. The molecule has 0 heterocycles. The second kappa shape index (κ2) is 9.64. The first-order valence-corrected chi connectivity index (χ1v) is 10.7. The van der Waals surface area contributed by atoms with E-state index in [1.165, 1.54) is 32.9 Å². The van der Waals surface area contributed by atoms with Gasteiger partial charge in [0.25, 0.3) is 5.91 Å². The maximum atomic E-state index is 12.4. The van der Waals surface area contributed by atoms with Crippen molar-refractivity contribution in [3.05, 3.63) is 59.7 Å². The summed E-state index contributed by atoms with van der Waals surface area (Å²) in [5, 5.41) is 2.54. The van der Waals surface area contributed by atoms with Crippen LogP contribution >= 0.6 is 0 Å². The number of nitrogens with one attached hydrogen (secondary N) is 2. The molecule has 0 fully saturated rings. The molecule has 2 atom stereocenters. The van der Waals surface area contributed by atoms with Crippen molar-refractivity contribution in [1.29, 1.82) is 0 Å². The first-order valence-electron chi connectivity index (χ1n) is 9.21. The Bertz CT molecular complexity index is 1050. The minimum Gasteiger partial charge on any atom is -0.451 e. The van der Waals surface area contributed by atoms with Gasteiger partial charge in [-0.2, -0.15) is 4.72 Å². The highest BCUT2D eigenvalue weighted by molar-refractivity contribution is 7.89. The quantitative estimate of drug-likeness (QED) is 0.489. The van der Waals surface area contributed by atoms with Crippen LogP contribution in [0.4, 0.5) is 5.69 Å². The summed E-state index contributed by atoms with van der Waals surface area (Å²) in [4.78, 5) is 36.3. The molecule has 2 N–H and O–H groups in total. The molecule has 0 aliphatic heterocycles. The number of ether oxygens (including phenoxy) is 1. The fraction of sp³-hybridized carbons (Fsp3) is 0.286. The summed E-state index contributed by atoms with van der Waals surface area (Å²) in [5.41, 5.74) is 1.52. The average molecular weight is 432 g/mol. The molecule has 160 valence electrons.